The molecule has 0 spiro atoms. The Morgan fingerprint density at radius 1 is 1.47 bits per heavy atom. The van der Waals surface area contributed by atoms with Gasteiger partial charge in [-0.25, -0.2) is 0 Å². The third-order valence-corrected chi connectivity index (χ3v) is 3.97. The first-order chi connectivity index (χ1) is 8.24. The summed E-state index contributed by atoms with van der Waals surface area (Å²) in [6.07, 6.45) is 3.09. The molecule has 0 aromatic heterocycles. The zero-order valence-corrected chi connectivity index (χ0v) is 10.9. The van der Waals surface area contributed by atoms with Crippen LogP contribution in [0.5, 0.6) is 0 Å². The molecular formula is C13H24N2O2. The van der Waals surface area contributed by atoms with Gasteiger partial charge in [-0.3, -0.25) is 4.79 Å². The maximum atomic E-state index is 12.5. The first-order valence-electron chi connectivity index (χ1n) is 6.86. The molecule has 4 heteroatoms. The fraction of sp³-hybridized carbons (Fsp3) is 0.923. The van der Waals surface area contributed by atoms with Crippen molar-refractivity contribution in [2.75, 3.05) is 26.2 Å². The minimum absolute atomic E-state index is 0.197. The summed E-state index contributed by atoms with van der Waals surface area (Å²) < 4.78 is 5.59. The number of likely N-dealkylation sites (N-methyl/N-ethyl adjacent to an activating group) is 1. The number of hydrogen-bond donors (Lipinski definition) is 1. The normalized spacial score (nSPS) is 33.6. The molecule has 0 saturated carbocycles. The average molecular weight is 240 g/mol. The molecule has 0 aromatic carbocycles. The van der Waals surface area contributed by atoms with E-state index in [2.05, 4.69) is 19.2 Å². The Balaban J connectivity index is 1.98. The zero-order valence-electron chi connectivity index (χ0n) is 10.9. The number of rotatable bonds is 3. The third-order valence-electron chi connectivity index (χ3n) is 3.97. The van der Waals surface area contributed by atoms with E-state index in [-0.39, 0.29) is 12.0 Å². The fourth-order valence-electron chi connectivity index (χ4n) is 2.87. The van der Waals surface area contributed by atoms with E-state index in [1.807, 2.05) is 4.90 Å². The highest BCUT2D eigenvalue weighted by molar-refractivity contribution is 5.81. The van der Waals surface area contributed by atoms with Gasteiger partial charge in [-0.2, -0.15) is 0 Å². The van der Waals surface area contributed by atoms with E-state index in [1.54, 1.807) is 0 Å². The Hall–Kier alpha value is -0.610. The topological polar surface area (TPSA) is 41.6 Å². The number of carbonyl (C=O) groups is 1. The van der Waals surface area contributed by atoms with Crippen molar-refractivity contribution in [3.8, 4) is 0 Å². The Labute approximate surface area is 104 Å². The number of amides is 1. The summed E-state index contributed by atoms with van der Waals surface area (Å²) in [5, 5.41) is 3.37. The minimum Gasteiger partial charge on any atom is -0.368 e. The van der Waals surface area contributed by atoms with Crippen molar-refractivity contribution in [2.24, 2.45) is 5.92 Å². The second-order valence-corrected chi connectivity index (χ2v) is 5.18. The second kappa shape index (κ2) is 5.83. The van der Waals surface area contributed by atoms with Crippen molar-refractivity contribution >= 4 is 5.91 Å². The molecule has 1 amide bonds. The summed E-state index contributed by atoms with van der Waals surface area (Å²) in [4.78, 5) is 14.5. The van der Waals surface area contributed by atoms with Gasteiger partial charge in [0.05, 0.1) is 0 Å². The molecule has 3 unspecified atom stereocenters. The van der Waals surface area contributed by atoms with Crippen LogP contribution in [0.3, 0.4) is 0 Å². The van der Waals surface area contributed by atoms with E-state index in [4.69, 9.17) is 4.74 Å². The Bertz CT molecular complexity index is 264. The molecule has 2 fully saturated rings. The van der Waals surface area contributed by atoms with Gasteiger partial charge in [0.2, 0.25) is 0 Å². The molecule has 1 N–H and O–H groups in total. The lowest BCUT2D eigenvalue weighted by atomic mass is 10.0. The molecule has 98 valence electrons. The van der Waals surface area contributed by atoms with E-state index < -0.39 is 0 Å². The van der Waals surface area contributed by atoms with E-state index in [9.17, 15) is 4.79 Å². The summed E-state index contributed by atoms with van der Waals surface area (Å²) >= 11 is 0. The monoisotopic (exact) mass is 240 g/mol. The number of piperidine rings is 1. The van der Waals surface area contributed by atoms with Crippen LogP contribution in [0.4, 0.5) is 0 Å². The molecule has 2 saturated heterocycles. The lowest BCUT2D eigenvalue weighted by Gasteiger charge is -2.35. The van der Waals surface area contributed by atoms with Crippen molar-refractivity contribution in [3.63, 3.8) is 0 Å². The Morgan fingerprint density at radius 3 is 2.82 bits per heavy atom. The maximum Gasteiger partial charge on any atom is 0.252 e. The number of ether oxygens (including phenoxy) is 1. The molecule has 2 heterocycles. The van der Waals surface area contributed by atoms with Gasteiger partial charge in [-0.15, -0.1) is 0 Å². The molecular weight excluding hydrogens is 216 g/mol. The molecule has 0 radical (unpaired) electrons. The first-order valence-corrected chi connectivity index (χ1v) is 6.86. The predicted molar refractivity (Wildman–Crippen MR) is 66.8 cm³/mol. The van der Waals surface area contributed by atoms with Crippen LogP contribution in [0.1, 0.15) is 33.1 Å². The first kappa shape index (κ1) is 12.8. The fourth-order valence-corrected chi connectivity index (χ4v) is 2.87. The van der Waals surface area contributed by atoms with Gasteiger partial charge in [-0.1, -0.05) is 6.92 Å². The van der Waals surface area contributed by atoms with Crippen LogP contribution in [0, 0.1) is 5.92 Å². The molecule has 17 heavy (non-hydrogen) atoms. The summed E-state index contributed by atoms with van der Waals surface area (Å²) in [6.45, 7) is 7.71. The van der Waals surface area contributed by atoms with Crippen LogP contribution >= 0.6 is 0 Å². The standard InChI is InChI=1S/C13H24N2O2/c1-3-15(11-5-4-7-14-9-11)13(16)12-10(2)6-8-17-12/h10-12,14H,3-9H2,1-2H3. The minimum atomic E-state index is -0.197. The van der Waals surface area contributed by atoms with Gasteiger partial charge in [0, 0.05) is 25.7 Å². The molecule has 0 bridgehead atoms. The van der Waals surface area contributed by atoms with Gasteiger partial charge >= 0.3 is 0 Å². The summed E-state index contributed by atoms with van der Waals surface area (Å²) in [7, 11) is 0. The highest BCUT2D eigenvalue weighted by Gasteiger charge is 2.36. The molecule has 3 atom stereocenters. The van der Waals surface area contributed by atoms with Crippen molar-refractivity contribution < 1.29 is 9.53 Å². The van der Waals surface area contributed by atoms with E-state index >= 15 is 0 Å². The van der Waals surface area contributed by atoms with Crippen LogP contribution in [-0.2, 0) is 9.53 Å². The van der Waals surface area contributed by atoms with Gasteiger partial charge in [0.1, 0.15) is 6.10 Å². The van der Waals surface area contributed by atoms with Crippen LogP contribution in [0.25, 0.3) is 0 Å². The van der Waals surface area contributed by atoms with Crippen LogP contribution < -0.4 is 5.32 Å². The number of nitrogens with zero attached hydrogens (tertiary/aromatic N) is 1. The largest absolute Gasteiger partial charge is 0.368 e. The van der Waals surface area contributed by atoms with Crippen LogP contribution in [0.2, 0.25) is 0 Å². The van der Waals surface area contributed by atoms with E-state index in [1.165, 1.54) is 0 Å². The third kappa shape index (κ3) is 2.80. The zero-order chi connectivity index (χ0) is 12.3. The lowest BCUT2D eigenvalue weighted by molar-refractivity contribution is -0.145. The summed E-state index contributed by atoms with van der Waals surface area (Å²) in [5.41, 5.74) is 0. The average Bonchev–Trinajstić information content (AvgIpc) is 2.77. The number of nitrogens with one attached hydrogen (secondary N) is 1. The van der Waals surface area contributed by atoms with Gasteiger partial charge in [0.25, 0.3) is 5.91 Å². The van der Waals surface area contributed by atoms with Gasteiger partial charge < -0.3 is 15.0 Å². The molecule has 0 aliphatic carbocycles. The van der Waals surface area contributed by atoms with Gasteiger partial charge in [-0.05, 0) is 38.6 Å². The van der Waals surface area contributed by atoms with Crippen molar-refractivity contribution in [1.82, 2.24) is 10.2 Å². The molecule has 2 rings (SSSR count). The van der Waals surface area contributed by atoms with Crippen molar-refractivity contribution in [3.05, 3.63) is 0 Å². The molecule has 2 aliphatic heterocycles. The molecule has 2 aliphatic rings. The predicted octanol–water partition coefficient (Wildman–Crippen LogP) is 1.01. The maximum absolute atomic E-state index is 12.5. The molecule has 0 aromatic rings. The number of hydrogen-bond acceptors (Lipinski definition) is 3. The highest BCUT2D eigenvalue weighted by atomic mass is 16.5. The summed E-state index contributed by atoms with van der Waals surface area (Å²) in [6, 6.07) is 0.359. The highest BCUT2D eigenvalue weighted by Crippen LogP contribution is 2.23. The van der Waals surface area contributed by atoms with Gasteiger partial charge in [0.15, 0.2) is 0 Å². The SMILES string of the molecule is CCN(C(=O)C1OCCC1C)C1CCCNC1. The second-order valence-electron chi connectivity index (χ2n) is 5.18. The quantitative estimate of drug-likeness (QED) is 0.800. The Morgan fingerprint density at radius 2 is 2.29 bits per heavy atom. The lowest BCUT2D eigenvalue weighted by Crippen LogP contribution is -2.52. The van der Waals surface area contributed by atoms with Crippen LogP contribution in [0.15, 0.2) is 0 Å². The van der Waals surface area contributed by atoms with Crippen LogP contribution in [-0.4, -0.2) is 49.2 Å². The molecule has 4 nitrogen and oxygen atoms in total. The smallest absolute Gasteiger partial charge is 0.252 e. The van der Waals surface area contributed by atoms with E-state index in [0.29, 0.717) is 12.0 Å². The van der Waals surface area contributed by atoms with E-state index in [0.717, 1.165) is 45.5 Å². The number of carbonyl (C=O) groups excluding carboxylic acids is 1. The van der Waals surface area contributed by atoms with Crippen molar-refractivity contribution in [1.29, 1.82) is 0 Å². The van der Waals surface area contributed by atoms with Crippen molar-refractivity contribution in [2.45, 2.75) is 45.3 Å². The summed E-state index contributed by atoms with van der Waals surface area (Å²) in [5.74, 6) is 0.569. The Kier molecular flexibility index (Phi) is 4.40.